The third-order valence-electron chi connectivity index (χ3n) is 1.82. The van der Waals surface area contributed by atoms with Gasteiger partial charge in [0, 0.05) is 7.14 Å². The Hall–Kier alpha value is -0.360. The van der Waals surface area contributed by atoms with Crippen LogP contribution in [0.25, 0.3) is 6.08 Å². The fraction of sp³-hybridized carbons (Fsp3) is 0. The van der Waals surface area contributed by atoms with Gasteiger partial charge in [-0.3, -0.25) is 0 Å². The van der Waals surface area contributed by atoms with Crippen molar-refractivity contribution in [1.29, 1.82) is 0 Å². The van der Waals surface area contributed by atoms with Crippen molar-refractivity contribution in [3.63, 3.8) is 0 Å². The largest absolute Gasteiger partial charge is 0.0985 e. The van der Waals surface area contributed by atoms with Crippen LogP contribution in [-0.4, -0.2) is 0 Å². The molecule has 2 rings (SSSR count). The summed E-state index contributed by atoms with van der Waals surface area (Å²) in [5.41, 5.74) is 1.18. The van der Waals surface area contributed by atoms with E-state index in [-0.39, 0.29) is 0 Å². The molecule has 0 unspecified atom stereocenters. The average Bonchev–Trinajstić information content (AvgIpc) is 2.31. The van der Waals surface area contributed by atoms with Crippen molar-refractivity contribution in [3.05, 3.63) is 73.9 Å². The fourth-order valence-corrected chi connectivity index (χ4v) is 2.03. The molecule has 0 saturated carbocycles. The van der Waals surface area contributed by atoms with Crippen molar-refractivity contribution in [2.75, 3.05) is 0 Å². The minimum Gasteiger partial charge on any atom is -0.0985 e. The molecule has 0 bridgehead atoms. The number of halogens is 2. The van der Waals surface area contributed by atoms with Gasteiger partial charge in [-0.2, -0.15) is 0 Å². The standard InChI is InChI=1S/C8H7I.C6H5I/c1-2-7-4-3-5-8(9)6-7;7-6-4-2-1-3-5-6/h2-6H,1H2;1-5H. The lowest BCUT2D eigenvalue weighted by atomic mass is 10.2. The zero-order valence-electron chi connectivity index (χ0n) is 8.74. The van der Waals surface area contributed by atoms with Gasteiger partial charge in [-0.1, -0.05) is 43.0 Å². The molecule has 0 aliphatic rings. The number of hydrogen-bond acceptors (Lipinski definition) is 0. The molecule has 0 aliphatic carbocycles. The predicted molar refractivity (Wildman–Crippen MR) is 88.4 cm³/mol. The normalized spacial score (nSPS) is 8.88. The molecule has 0 atom stereocenters. The topological polar surface area (TPSA) is 0 Å². The molecule has 0 aromatic heterocycles. The Labute approximate surface area is 124 Å². The highest BCUT2D eigenvalue weighted by atomic mass is 127. The van der Waals surface area contributed by atoms with Crippen LogP contribution in [0.2, 0.25) is 0 Å². The summed E-state index contributed by atoms with van der Waals surface area (Å²) in [4.78, 5) is 0. The van der Waals surface area contributed by atoms with Crippen LogP contribution in [0.5, 0.6) is 0 Å². The molecule has 0 saturated heterocycles. The molecular weight excluding hydrogens is 422 g/mol. The van der Waals surface area contributed by atoms with Crippen LogP contribution >= 0.6 is 45.2 Å². The van der Waals surface area contributed by atoms with Gasteiger partial charge in [0.1, 0.15) is 0 Å². The van der Waals surface area contributed by atoms with Crippen LogP contribution < -0.4 is 0 Å². The molecular formula is C14H12I2. The molecule has 0 aliphatic heterocycles. The third kappa shape index (κ3) is 5.65. The average molecular weight is 434 g/mol. The molecule has 82 valence electrons. The lowest BCUT2D eigenvalue weighted by Gasteiger charge is -1.90. The fourth-order valence-electron chi connectivity index (χ4n) is 1.05. The first-order valence-corrected chi connectivity index (χ1v) is 6.96. The van der Waals surface area contributed by atoms with Crippen molar-refractivity contribution in [2.45, 2.75) is 0 Å². The van der Waals surface area contributed by atoms with Crippen LogP contribution in [-0.2, 0) is 0 Å². The summed E-state index contributed by atoms with van der Waals surface area (Å²) >= 11 is 4.56. The van der Waals surface area contributed by atoms with E-state index in [9.17, 15) is 0 Å². The quantitative estimate of drug-likeness (QED) is 0.540. The number of benzene rings is 2. The van der Waals surface area contributed by atoms with Crippen LogP contribution in [0.4, 0.5) is 0 Å². The van der Waals surface area contributed by atoms with Gasteiger partial charge >= 0.3 is 0 Å². The van der Waals surface area contributed by atoms with E-state index in [4.69, 9.17) is 0 Å². The second-order valence-electron chi connectivity index (χ2n) is 3.05. The van der Waals surface area contributed by atoms with Gasteiger partial charge < -0.3 is 0 Å². The highest BCUT2D eigenvalue weighted by molar-refractivity contribution is 14.1. The van der Waals surface area contributed by atoms with Crippen LogP contribution in [0.15, 0.2) is 61.2 Å². The molecule has 0 fully saturated rings. The van der Waals surface area contributed by atoms with Gasteiger partial charge in [0.25, 0.3) is 0 Å². The third-order valence-corrected chi connectivity index (χ3v) is 3.21. The summed E-state index contributed by atoms with van der Waals surface area (Å²) < 4.78 is 2.55. The first kappa shape index (κ1) is 13.7. The summed E-state index contributed by atoms with van der Waals surface area (Å²) in [5.74, 6) is 0. The molecule has 0 nitrogen and oxygen atoms in total. The molecule has 0 amide bonds. The zero-order valence-corrected chi connectivity index (χ0v) is 13.1. The maximum Gasteiger partial charge on any atom is 0.0136 e. The maximum absolute atomic E-state index is 3.67. The number of rotatable bonds is 1. The van der Waals surface area contributed by atoms with Crippen molar-refractivity contribution >= 4 is 51.3 Å². The van der Waals surface area contributed by atoms with Crippen molar-refractivity contribution < 1.29 is 0 Å². The molecule has 2 heteroatoms. The smallest absolute Gasteiger partial charge is 0.0136 e. The Kier molecular flexibility index (Phi) is 6.71. The summed E-state index contributed by atoms with van der Waals surface area (Å²) in [6.45, 7) is 3.67. The van der Waals surface area contributed by atoms with Crippen LogP contribution in [0, 0.1) is 7.14 Å². The lowest BCUT2D eigenvalue weighted by Crippen LogP contribution is -1.71. The lowest BCUT2D eigenvalue weighted by molar-refractivity contribution is 1.61. The Morgan fingerprint density at radius 1 is 0.812 bits per heavy atom. The van der Waals surface area contributed by atoms with Gasteiger partial charge in [0.15, 0.2) is 0 Å². The van der Waals surface area contributed by atoms with Gasteiger partial charge in [-0.25, -0.2) is 0 Å². The first-order valence-electron chi connectivity index (χ1n) is 4.81. The number of hydrogen-bond donors (Lipinski definition) is 0. The molecule has 0 spiro atoms. The van der Waals surface area contributed by atoms with Crippen molar-refractivity contribution in [1.82, 2.24) is 0 Å². The summed E-state index contributed by atoms with van der Waals surface area (Å²) in [6, 6.07) is 18.4. The van der Waals surface area contributed by atoms with E-state index in [2.05, 4.69) is 76.0 Å². The monoisotopic (exact) mass is 434 g/mol. The molecule has 0 radical (unpaired) electrons. The summed E-state index contributed by atoms with van der Waals surface area (Å²) in [5, 5.41) is 0. The minimum atomic E-state index is 1.18. The Morgan fingerprint density at radius 2 is 1.44 bits per heavy atom. The van der Waals surface area contributed by atoms with Crippen molar-refractivity contribution in [2.24, 2.45) is 0 Å². The van der Waals surface area contributed by atoms with Crippen LogP contribution in [0.3, 0.4) is 0 Å². The van der Waals surface area contributed by atoms with E-state index in [1.165, 1.54) is 12.7 Å². The van der Waals surface area contributed by atoms with Gasteiger partial charge in [-0.05, 0) is 75.0 Å². The highest BCUT2D eigenvalue weighted by Gasteiger charge is 1.84. The van der Waals surface area contributed by atoms with E-state index >= 15 is 0 Å². The Morgan fingerprint density at radius 3 is 1.81 bits per heavy atom. The van der Waals surface area contributed by atoms with E-state index < -0.39 is 0 Å². The zero-order chi connectivity index (χ0) is 11.8. The first-order chi connectivity index (χ1) is 7.72. The van der Waals surface area contributed by atoms with E-state index in [1.54, 1.807) is 0 Å². The second-order valence-corrected chi connectivity index (χ2v) is 5.55. The van der Waals surface area contributed by atoms with E-state index in [0.717, 1.165) is 0 Å². The summed E-state index contributed by atoms with van der Waals surface area (Å²) in [6.07, 6.45) is 1.85. The van der Waals surface area contributed by atoms with Gasteiger partial charge in [0.05, 0.1) is 0 Å². The van der Waals surface area contributed by atoms with Crippen molar-refractivity contribution in [3.8, 4) is 0 Å². The SMILES string of the molecule is C=Cc1cccc(I)c1.Ic1ccccc1. The maximum atomic E-state index is 3.67. The van der Waals surface area contributed by atoms with Gasteiger partial charge in [-0.15, -0.1) is 0 Å². The Bertz CT molecular complexity index is 435. The predicted octanol–water partition coefficient (Wildman–Crippen LogP) is 5.23. The van der Waals surface area contributed by atoms with E-state index in [1.807, 2.05) is 36.4 Å². The molecule has 0 heterocycles. The second kappa shape index (κ2) is 7.84. The highest BCUT2D eigenvalue weighted by Crippen LogP contribution is 2.07. The van der Waals surface area contributed by atoms with Gasteiger partial charge in [0.2, 0.25) is 0 Å². The molecule has 16 heavy (non-hydrogen) atoms. The molecule has 0 N–H and O–H groups in total. The Balaban J connectivity index is 0.000000165. The summed E-state index contributed by atoms with van der Waals surface area (Å²) in [7, 11) is 0. The molecule has 2 aromatic carbocycles. The van der Waals surface area contributed by atoms with Crippen LogP contribution in [0.1, 0.15) is 5.56 Å². The minimum absolute atomic E-state index is 1.18. The molecule has 2 aromatic rings. The van der Waals surface area contributed by atoms with E-state index in [0.29, 0.717) is 0 Å².